The molecule has 0 saturated heterocycles. The summed E-state index contributed by atoms with van der Waals surface area (Å²) in [5.74, 6) is 0. The number of hydrogen-bond donors (Lipinski definition) is 0. The molecule has 0 radical (unpaired) electrons. The summed E-state index contributed by atoms with van der Waals surface area (Å²) in [7, 11) is 1.58. The van der Waals surface area contributed by atoms with Crippen LogP contribution in [0.15, 0.2) is 12.1 Å². The molecule has 0 aliphatic rings. The monoisotopic (exact) mass is 310 g/mol. The van der Waals surface area contributed by atoms with E-state index in [0.717, 1.165) is 0 Å². The quantitative estimate of drug-likeness (QED) is 0.329. The predicted octanol–water partition coefficient (Wildman–Crippen LogP) is -1.37. The van der Waals surface area contributed by atoms with Gasteiger partial charge < -0.3 is 31.9 Å². The molecule has 0 aliphatic carbocycles. The van der Waals surface area contributed by atoms with E-state index in [1.165, 1.54) is 0 Å². The summed E-state index contributed by atoms with van der Waals surface area (Å²) >= 11 is 0. The molecule has 0 atom stereocenters. The molecule has 0 amide bonds. The molecule has 0 unspecified atom stereocenters. The van der Waals surface area contributed by atoms with Crippen LogP contribution in [0.4, 0.5) is 12.9 Å². The molecule has 0 rings (SSSR count). The van der Waals surface area contributed by atoms with Crippen LogP contribution in [-0.2, 0) is 18.9 Å². The molecule has 0 aromatic rings. The van der Waals surface area contributed by atoms with E-state index >= 15 is 0 Å². The van der Waals surface area contributed by atoms with Crippen LogP contribution in [0, 0.1) is 0 Å². The van der Waals surface area contributed by atoms with E-state index in [1.807, 2.05) is 0 Å². The first-order chi connectivity index (χ1) is 8.48. The van der Waals surface area contributed by atoms with Gasteiger partial charge in [-0.15, -0.1) is 12.1 Å². The van der Waals surface area contributed by atoms with Crippen LogP contribution in [0.3, 0.4) is 0 Å². The van der Waals surface area contributed by atoms with Crippen molar-refractivity contribution < 1.29 is 83.3 Å². The summed E-state index contributed by atoms with van der Waals surface area (Å²) < 4.78 is 55.9. The second-order valence-electron chi connectivity index (χ2n) is 3.50. The number of hydrogen-bond acceptors (Lipinski definition) is 4. The maximum absolute atomic E-state index is 12.1. The Morgan fingerprint density at radius 3 is 1.74 bits per heavy atom. The zero-order valence-electron chi connectivity index (χ0n) is 11.5. The average molecular weight is 310 g/mol. The number of ether oxygens (including phenoxy) is 4. The van der Waals surface area contributed by atoms with Crippen LogP contribution in [0.25, 0.3) is 0 Å². The van der Waals surface area contributed by atoms with E-state index in [-0.39, 0.29) is 64.6 Å². The smallest absolute Gasteiger partial charge is 0.445 e. The Morgan fingerprint density at radius 2 is 1.32 bits per heavy atom. The van der Waals surface area contributed by atoms with Gasteiger partial charge in [0.15, 0.2) is 0 Å². The van der Waals surface area contributed by atoms with Crippen LogP contribution in [0.1, 0.15) is 0 Å². The van der Waals surface area contributed by atoms with E-state index in [9.17, 15) is 12.9 Å². The third-order valence-electron chi connectivity index (χ3n) is 1.93. The topological polar surface area (TPSA) is 36.9 Å². The molecule has 0 heterocycles. The molecule has 4 nitrogen and oxygen atoms in total. The minimum absolute atomic E-state index is 0. The Labute approximate surface area is 154 Å². The molecular weight excluding hydrogens is 291 g/mol. The van der Waals surface area contributed by atoms with Crippen LogP contribution >= 0.6 is 0 Å². The van der Waals surface area contributed by atoms with Crippen molar-refractivity contribution in [2.24, 2.45) is 0 Å². The summed E-state index contributed by atoms with van der Waals surface area (Å²) in [6, 6.07) is 0. The fourth-order valence-electron chi connectivity index (χ4n) is 0.880. The molecule has 0 fully saturated rings. The molecule has 0 saturated carbocycles. The van der Waals surface area contributed by atoms with Gasteiger partial charge in [-0.1, -0.05) is 0 Å². The number of methoxy groups -OCH3 is 1. The summed E-state index contributed by atoms with van der Waals surface area (Å²) in [6.07, 6.45) is 0. The van der Waals surface area contributed by atoms with Crippen molar-refractivity contribution in [3.8, 4) is 0 Å². The SMILES string of the molecule is C=C(COCCOCCOCCOC)[B-](F)(F)F.[K+]. The first-order valence-electron chi connectivity index (χ1n) is 5.58. The van der Waals surface area contributed by atoms with Gasteiger partial charge in [-0.3, -0.25) is 0 Å². The minimum atomic E-state index is -5.00. The molecule has 108 valence electrons. The maximum Gasteiger partial charge on any atom is 1.00 e. The Balaban J connectivity index is 0. The van der Waals surface area contributed by atoms with Gasteiger partial charge in [0.2, 0.25) is 0 Å². The number of halogens is 3. The summed E-state index contributed by atoms with van der Waals surface area (Å²) in [4.78, 5) is 0. The predicted molar refractivity (Wildman–Crippen MR) is 62.6 cm³/mol. The molecular formula is C10H19BF3KO4. The van der Waals surface area contributed by atoms with Crippen molar-refractivity contribution in [1.82, 2.24) is 0 Å². The first-order valence-corrected chi connectivity index (χ1v) is 5.58. The molecule has 0 aromatic carbocycles. The minimum Gasteiger partial charge on any atom is -0.445 e. The maximum atomic E-state index is 12.1. The Bertz CT molecular complexity index is 229. The van der Waals surface area contributed by atoms with Gasteiger partial charge in [-0.2, -0.15) is 0 Å². The van der Waals surface area contributed by atoms with Crippen molar-refractivity contribution >= 4 is 6.98 Å². The molecule has 0 spiro atoms. The van der Waals surface area contributed by atoms with Gasteiger partial charge >= 0.3 is 58.4 Å². The molecule has 0 N–H and O–H groups in total. The van der Waals surface area contributed by atoms with Gasteiger partial charge in [0, 0.05) is 13.7 Å². The van der Waals surface area contributed by atoms with E-state index in [1.54, 1.807) is 7.11 Å². The summed E-state index contributed by atoms with van der Waals surface area (Å²) in [5, 5.41) is 0. The largest absolute Gasteiger partial charge is 1.00 e. The van der Waals surface area contributed by atoms with Gasteiger partial charge in [0.25, 0.3) is 0 Å². The Hall–Kier alpha value is 1.07. The first kappa shape index (κ1) is 22.4. The van der Waals surface area contributed by atoms with Gasteiger partial charge in [-0.05, 0) is 0 Å². The zero-order valence-corrected chi connectivity index (χ0v) is 14.6. The molecule has 9 heteroatoms. The van der Waals surface area contributed by atoms with E-state index in [4.69, 9.17) is 18.9 Å². The third-order valence-corrected chi connectivity index (χ3v) is 1.93. The van der Waals surface area contributed by atoms with Crippen molar-refractivity contribution in [3.63, 3.8) is 0 Å². The molecule has 0 aliphatic heterocycles. The van der Waals surface area contributed by atoms with Crippen molar-refractivity contribution in [2.45, 2.75) is 0 Å². The van der Waals surface area contributed by atoms with E-state index in [0.29, 0.717) is 26.4 Å². The van der Waals surface area contributed by atoms with Crippen molar-refractivity contribution in [3.05, 3.63) is 12.1 Å². The standard InChI is InChI=1S/C10H19BF3O4.K/c1-10(11(12,13)14)9-18-8-7-17-6-5-16-4-3-15-2;/h1,3-9H2,2H3;/q-1;+1. The third kappa shape index (κ3) is 15.3. The number of rotatable bonds is 12. The summed E-state index contributed by atoms with van der Waals surface area (Å²) in [5.41, 5.74) is -0.835. The van der Waals surface area contributed by atoms with Gasteiger partial charge in [-0.25, -0.2) is 0 Å². The van der Waals surface area contributed by atoms with Crippen molar-refractivity contribution in [1.29, 1.82) is 0 Å². The molecule has 19 heavy (non-hydrogen) atoms. The summed E-state index contributed by atoms with van der Waals surface area (Å²) in [6.45, 7) is -0.471. The van der Waals surface area contributed by atoms with Crippen LogP contribution in [0.2, 0.25) is 0 Å². The second-order valence-corrected chi connectivity index (χ2v) is 3.50. The zero-order chi connectivity index (χ0) is 13.9. The van der Waals surface area contributed by atoms with Crippen LogP contribution in [0.5, 0.6) is 0 Å². The fourth-order valence-corrected chi connectivity index (χ4v) is 0.880. The second kappa shape index (κ2) is 14.0. The van der Waals surface area contributed by atoms with E-state index in [2.05, 4.69) is 6.58 Å². The van der Waals surface area contributed by atoms with Crippen LogP contribution in [-0.4, -0.2) is 60.3 Å². The molecule has 0 bridgehead atoms. The van der Waals surface area contributed by atoms with Gasteiger partial charge in [0.1, 0.15) is 0 Å². The Morgan fingerprint density at radius 1 is 0.895 bits per heavy atom. The van der Waals surface area contributed by atoms with Gasteiger partial charge in [0.05, 0.1) is 39.6 Å². The van der Waals surface area contributed by atoms with Crippen LogP contribution < -0.4 is 51.4 Å². The van der Waals surface area contributed by atoms with Crippen molar-refractivity contribution in [2.75, 3.05) is 53.4 Å². The molecule has 0 aromatic heterocycles. The normalized spacial score (nSPS) is 11.2. The average Bonchev–Trinajstić information content (AvgIpc) is 2.30. The van der Waals surface area contributed by atoms with E-state index < -0.39 is 19.1 Å². The Kier molecular flexibility index (Phi) is 16.5. The fraction of sp³-hybridized carbons (Fsp3) is 0.800.